The van der Waals surface area contributed by atoms with E-state index in [0.29, 0.717) is 10.0 Å². The van der Waals surface area contributed by atoms with Crippen LogP contribution in [-0.2, 0) is 4.74 Å². The van der Waals surface area contributed by atoms with Gasteiger partial charge in [-0.2, -0.15) is 0 Å². The van der Waals surface area contributed by atoms with Gasteiger partial charge in [0, 0.05) is 13.1 Å². The summed E-state index contributed by atoms with van der Waals surface area (Å²) in [5, 5.41) is 4.55. The zero-order valence-electron chi connectivity index (χ0n) is 10.9. The van der Waals surface area contributed by atoms with Crippen LogP contribution >= 0.6 is 23.2 Å². The first kappa shape index (κ1) is 13.9. The summed E-state index contributed by atoms with van der Waals surface area (Å²) in [7, 11) is 0. The van der Waals surface area contributed by atoms with E-state index in [1.807, 2.05) is 36.4 Å². The van der Waals surface area contributed by atoms with Crippen LogP contribution in [0.25, 0.3) is 0 Å². The molecule has 4 heteroatoms. The van der Waals surface area contributed by atoms with Gasteiger partial charge < -0.3 is 10.1 Å². The average molecular weight is 308 g/mol. The van der Waals surface area contributed by atoms with Gasteiger partial charge in [-0.1, -0.05) is 59.6 Å². The van der Waals surface area contributed by atoms with E-state index in [-0.39, 0.29) is 12.2 Å². The van der Waals surface area contributed by atoms with E-state index in [2.05, 4.69) is 17.4 Å². The van der Waals surface area contributed by atoms with Crippen molar-refractivity contribution in [3.8, 4) is 0 Å². The lowest BCUT2D eigenvalue weighted by molar-refractivity contribution is -0.0406. The molecule has 1 N–H and O–H groups in total. The summed E-state index contributed by atoms with van der Waals surface area (Å²) in [5.74, 6) is 0. The maximum atomic E-state index is 6.19. The summed E-state index contributed by atoms with van der Waals surface area (Å²) >= 11 is 12.0. The van der Waals surface area contributed by atoms with E-state index in [4.69, 9.17) is 27.9 Å². The fraction of sp³-hybridized carbons (Fsp3) is 0.250. The van der Waals surface area contributed by atoms with Crippen LogP contribution < -0.4 is 5.32 Å². The largest absolute Gasteiger partial charge is 0.363 e. The van der Waals surface area contributed by atoms with Crippen molar-refractivity contribution in [1.82, 2.24) is 5.32 Å². The van der Waals surface area contributed by atoms with Gasteiger partial charge in [-0.25, -0.2) is 0 Å². The van der Waals surface area contributed by atoms with Gasteiger partial charge in [0.25, 0.3) is 0 Å². The Balaban J connectivity index is 1.79. The molecule has 1 fully saturated rings. The van der Waals surface area contributed by atoms with Gasteiger partial charge in [-0.05, 0) is 23.3 Å². The summed E-state index contributed by atoms with van der Waals surface area (Å²) < 4.78 is 6.19. The Morgan fingerprint density at radius 3 is 2.25 bits per heavy atom. The molecule has 104 valence electrons. The summed E-state index contributed by atoms with van der Waals surface area (Å²) in [4.78, 5) is 0. The van der Waals surface area contributed by atoms with Crippen LogP contribution in [0.5, 0.6) is 0 Å². The molecule has 2 aromatic rings. The summed E-state index contributed by atoms with van der Waals surface area (Å²) in [6.45, 7) is 1.60. The zero-order valence-corrected chi connectivity index (χ0v) is 12.4. The maximum absolute atomic E-state index is 6.19. The van der Waals surface area contributed by atoms with Crippen LogP contribution in [0.15, 0.2) is 48.5 Å². The SMILES string of the molecule is Clc1ccc(C2CNCC(c3ccccc3)O2)cc1Cl. The van der Waals surface area contributed by atoms with E-state index in [0.717, 1.165) is 18.7 Å². The number of ether oxygens (including phenoxy) is 1. The molecule has 0 aliphatic carbocycles. The summed E-state index contributed by atoms with van der Waals surface area (Å²) in [6, 6.07) is 15.9. The Morgan fingerprint density at radius 1 is 0.850 bits per heavy atom. The molecule has 2 atom stereocenters. The lowest BCUT2D eigenvalue weighted by Crippen LogP contribution is -2.35. The Labute approximate surface area is 128 Å². The molecule has 1 heterocycles. The van der Waals surface area contributed by atoms with E-state index >= 15 is 0 Å². The molecule has 2 unspecified atom stereocenters. The van der Waals surface area contributed by atoms with Crippen LogP contribution in [0.3, 0.4) is 0 Å². The number of hydrogen-bond donors (Lipinski definition) is 1. The predicted molar refractivity (Wildman–Crippen MR) is 82.3 cm³/mol. The molecule has 2 aromatic carbocycles. The highest BCUT2D eigenvalue weighted by Crippen LogP contribution is 2.32. The van der Waals surface area contributed by atoms with E-state index < -0.39 is 0 Å². The second-order valence-corrected chi connectivity index (χ2v) is 5.67. The van der Waals surface area contributed by atoms with Crippen molar-refractivity contribution in [2.45, 2.75) is 12.2 Å². The number of nitrogens with one attached hydrogen (secondary N) is 1. The molecular weight excluding hydrogens is 293 g/mol. The summed E-state index contributed by atoms with van der Waals surface area (Å²) in [5.41, 5.74) is 2.23. The third-order valence-corrected chi connectivity index (χ3v) is 4.21. The first-order chi connectivity index (χ1) is 9.74. The second-order valence-electron chi connectivity index (χ2n) is 4.86. The van der Waals surface area contributed by atoms with Gasteiger partial charge in [0.1, 0.15) is 0 Å². The van der Waals surface area contributed by atoms with E-state index in [9.17, 15) is 0 Å². The Kier molecular flexibility index (Phi) is 4.27. The van der Waals surface area contributed by atoms with E-state index in [1.54, 1.807) is 0 Å². The molecule has 1 aliphatic heterocycles. The average Bonchev–Trinajstić information content (AvgIpc) is 2.51. The predicted octanol–water partition coefficient (Wildman–Crippen LogP) is 4.40. The van der Waals surface area contributed by atoms with Gasteiger partial charge in [0.2, 0.25) is 0 Å². The van der Waals surface area contributed by atoms with Crippen LogP contribution in [-0.4, -0.2) is 13.1 Å². The molecule has 1 saturated heterocycles. The monoisotopic (exact) mass is 307 g/mol. The Morgan fingerprint density at radius 2 is 1.55 bits per heavy atom. The van der Waals surface area contributed by atoms with Crippen molar-refractivity contribution in [3.63, 3.8) is 0 Å². The topological polar surface area (TPSA) is 21.3 Å². The maximum Gasteiger partial charge on any atom is 0.0958 e. The molecule has 0 radical (unpaired) electrons. The van der Waals surface area contributed by atoms with Gasteiger partial charge in [-0.15, -0.1) is 0 Å². The van der Waals surface area contributed by atoms with Crippen molar-refractivity contribution in [2.24, 2.45) is 0 Å². The molecular formula is C16H15Cl2NO. The standard InChI is InChI=1S/C16H15Cl2NO/c17-13-7-6-12(8-14(13)18)16-10-19-9-15(20-16)11-4-2-1-3-5-11/h1-8,15-16,19H,9-10H2. The molecule has 3 rings (SSSR count). The Bertz CT molecular complexity index is 588. The molecule has 0 bridgehead atoms. The molecule has 1 aliphatic rings. The lowest BCUT2D eigenvalue weighted by Gasteiger charge is -2.31. The number of benzene rings is 2. The fourth-order valence-electron chi connectivity index (χ4n) is 2.41. The number of hydrogen-bond acceptors (Lipinski definition) is 2. The van der Waals surface area contributed by atoms with E-state index in [1.165, 1.54) is 5.56 Å². The van der Waals surface area contributed by atoms with Crippen LogP contribution in [0, 0.1) is 0 Å². The molecule has 0 aromatic heterocycles. The van der Waals surface area contributed by atoms with Crippen molar-refractivity contribution in [3.05, 3.63) is 69.7 Å². The first-order valence-electron chi connectivity index (χ1n) is 6.60. The normalized spacial score (nSPS) is 22.7. The minimum Gasteiger partial charge on any atom is -0.363 e. The van der Waals surface area contributed by atoms with Crippen LogP contribution in [0.2, 0.25) is 10.0 Å². The minimum atomic E-state index is -0.0104. The third-order valence-electron chi connectivity index (χ3n) is 3.47. The third kappa shape index (κ3) is 2.99. The van der Waals surface area contributed by atoms with Crippen molar-refractivity contribution >= 4 is 23.2 Å². The first-order valence-corrected chi connectivity index (χ1v) is 7.35. The number of halogens is 2. The lowest BCUT2D eigenvalue weighted by atomic mass is 10.0. The summed E-state index contributed by atoms with van der Waals surface area (Å²) in [6.07, 6.45) is 0.0492. The number of rotatable bonds is 2. The van der Waals surface area contributed by atoms with Crippen molar-refractivity contribution in [1.29, 1.82) is 0 Å². The molecule has 0 spiro atoms. The Hall–Kier alpha value is -1.06. The highest BCUT2D eigenvalue weighted by atomic mass is 35.5. The fourth-order valence-corrected chi connectivity index (χ4v) is 2.72. The second kappa shape index (κ2) is 6.15. The molecule has 20 heavy (non-hydrogen) atoms. The van der Waals surface area contributed by atoms with Gasteiger partial charge >= 0.3 is 0 Å². The van der Waals surface area contributed by atoms with Crippen LogP contribution in [0.1, 0.15) is 23.3 Å². The van der Waals surface area contributed by atoms with Gasteiger partial charge in [-0.3, -0.25) is 0 Å². The smallest absolute Gasteiger partial charge is 0.0958 e. The molecule has 0 amide bonds. The molecule has 2 nitrogen and oxygen atoms in total. The zero-order chi connectivity index (χ0) is 13.9. The number of morpholine rings is 1. The van der Waals surface area contributed by atoms with Crippen LogP contribution in [0.4, 0.5) is 0 Å². The van der Waals surface area contributed by atoms with Crippen molar-refractivity contribution in [2.75, 3.05) is 13.1 Å². The quantitative estimate of drug-likeness (QED) is 0.888. The van der Waals surface area contributed by atoms with Crippen molar-refractivity contribution < 1.29 is 4.74 Å². The molecule has 0 saturated carbocycles. The highest BCUT2D eigenvalue weighted by molar-refractivity contribution is 6.42. The van der Waals surface area contributed by atoms with Gasteiger partial charge in [0.05, 0.1) is 22.3 Å². The van der Waals surface area contributed by atoms with Gasteiger partial charge in [0.15, 0.2) is 0 Å². The minimum absolute atomic E-state index is 0.0104. The highest BCUT2D eigenvalue weighted by Gasteiger charge is 2.24.